The Hall–Kier alpha value is -2.77. The smallest absolute Gasteiger partial charge is 0.276 e. The van der Waals surface area contributed by atoms with Crippen LogP contribution in [0.2, 0.25) is 5.02 Å². The number of halogens is 1. The van der Waals surface area contributed by atoms with E-state index in [9.17, 15) is 20.0 Å². The number of carbonyl (C=O) groups excluding carboxylic acids is 1. The third kappa shape index (κ3) is 3.11. The van der Waals surface area contributed by atoms with E-state index in [1.54, 1.807) is 31.2 Å². The molecule has 0 spiro atoms. The largest absolute Gasteiger partial charge is 0.365 e. The van der Waals surface area contributed by atoms with Crippen LogP contribution in [0.4, 0.5) is 5.69 Å². The topological polar surface area (TPSA) is 96.0 Å². The first-order valence-corrected chi connectivity index (χ1v) is 7.80. The first kappa shape index (κ1) is 17.1. The lowest BCUT2D eigenvalue weighted by molar-refractivity contribution is -0.384. The Labute approximate surface area is 148 Å². The molecule has 1 aliphatic heterocycles. The number of hydrazone groups is 1. The van der Waals surface area contributed by atoms with Crippen LogP contribution in [0.5, 0.6) is 0 Å². The predicted molar refractivity (Wildman–Crippen MR) is 92.3 cm³/mol. The zero-order chi connectivity index (χ0) is 18.2. The molecule has 7 nitrogen and oxygen atoms in total. The molecule has 0 saturated heterocycles. The third-order valence-electron chi connectivity index (χ3n) is 3.95. The Balaban J connectivity index is 1.96. The van der Waals surface area contributed by atoms with E-state index in [1.807, 2.05) is 0 Å². The first-order chi connectivity index (χ1) is 11.8. The average Bonchev–Trinajstić information content (AvgIpc) is 2.90. The highest BCUT2D eigenvalue weighted by Crippen LogP contribution is 2.36. The predicted octanol–water partition coefficient (Wildman–Crippen LogP) is 3.32. The van der Waals surface area contributed by atoms with E-state index in [-0.39, 0.29) is 17.7 Å². The van der Waals surface area contributed by atoms with Gasteiger partial charge in [0.2, 0.25) is 0 Å². The lowest BCUT2D eigenvalue weighted by Gasteiger charge is -2.31. The summed E-state index contributed by atoms with van der Waals surface area (Å²) in [5, 5.41) is 27.5. The fraction of sp³-hybridized carbons (Fsp3) is 0.176. The van der Waals surface area contributed by atoms with Crippen molar-refractivity contribution >= 4 is 28.9 Å². The van der Waals surface area contributed by atoms with Crippen LogP contribution in [0.3, 0.4) is 0 Å². The first-order valence-electron chi connectivity index (χ1n) is 7.43. The number of carbonyl (C=O) groups is 1. The number of nitro benzene ring substituents is 1. The minimum Gasteiger partial charge on any atom is -0.365 e. The average molecular weight is 360 g/mol. The van der Waals surface area contributed by atoms with Gasteiger partial charge in [0.05, 0.1) is 4.92 Å². The van der Waals surface area contributed by atoms with Crippen LogP contribution < -0.4 is 0 Å². The summed E-state index contributed by atoms with van der Waals surface area (Å²) in [7, 11) is 0. The number of hydrogen-bond acceptors (Lipinski definition) is 5. The fourth-order valence-electron chi connectivity index (χ4n) is 2.72. The maximum Gasteiger partial charge on any atom is 0.276 e. The lowest BCUT2D eigenvalue weighted by Crippen LogP contribution is -2.43. The van der Waals surface area contributed by atoms with Gasteiger partial charge >= 0.3 is 0 Å². The highest BCUT2D eigenvalue weighted by molar-refractivity contribution is 6.30. The minimum atomic E-state index is -1.63. The Kier molecular flexibility index (Phi) is 4.28. The quantitative estimate of drug-likeness (QED) is 0.671. The fourth-order valence-corrected chi connectivity index (χ4v) is 2.85. The van der Waals surface area contributed by atoms with Gasteiger partial charge < -0.3 is 5.11 Å². The Morgan fingerprint density at radius 1 is 1.24 bits per heavy atom. The summed E-state index contributed by atoms with van der Waals surface area (Å²) < 4.78 is 0. The van der Waals surface area contributed by atoms with Crippen LogP contribution in [0.15, 0.2) is 53.6 Å². The Morgan fingerprint density at radius 3 is 2.40 bits per heavy atom. The summed E-state index contributed by atoms with van der Waals surface area (Å²) in [6, 6.07) is 11.7. The highest BCUT2D eigenvalue weighted by Gasteiger charge is 2.45. The van der Waals surface area contributed by atoms with E-state index in [0.717, 1.165) is 5.01 Å². The molecule has 3 rings (SSSR count). The van der Waals surface area contributed by atoms with Crippen molar-refractivity contribution < 1.29 is 14.8 Å². The number of non-ortho nitro benzene ring substituents is 1. The lowest BCUT2D eigenvalue weighted by atomic mass is 9.97. The van der Waals surface area contributed by atoms with Crippen LogP contribution in [-0.2, 0) is 5.72 Å². The molecule has 0 aromatic heterocycles. The molecule has 0 unspecified atom stereocenters. The molecule has 0 radical (unpaired) electrons. The van der Waals surface area contributed by atoms with Crippen molar-refractivity contribution in [2.24, 2.45) is 5.10 Å². The van der Waals surface area contributed by atoms with Gasteiger partial charge in [-0.2, -0.15) is 10.1 Å². The van der Waals surface area contributed by atoms with Crippen molar-refractivity contribution in [3.63, 3.8) is 0 Å². The minimum absolute atomic E-state index is 0.120. The third-order valence-corrected chi connectivity index (χ3v) is 4.20. The number of benzene rings is 2. The molecular weight excluding hydrogens is 346 g/mol. The van der Waals surface area contributed by atoms with E-state index >= 15 is 0 Å². The molecule has 25 heavy (non-hydrogen) atoms. The molecule has 1 atom stereocenters. The maximum atomic E-state index is 12.8. The summed E-state index contributed by atoms with van der Waals surface area (Å²) in [5.74, 6) is -0.552. The molecule has 2 aromatic carbocycles. The molecular formula is C17H14ClN3O4. The van der Waals surface area contributed by atoms with Crippen molar-refractivity contribution in [2.75, 3.05) is 0 Å². The van der Waals surface area contributed by atoms with Gasteiger partial charge in [0.1, 0.15) is 0 Å². The number of aliphatic hydroxyl groups is 1. The van der Waals surface area contributed by atoms with E-state index in [2.05, 4.69) is 5.10 Å². The van der Waals surface area contributed by atoms with Gasteiger partial charge in [-0.15, -0.1) is 0 Å². The van der Waals surface area contributed by atoms with Crippen LogP contribution in [0.1, 0.15) is 29.3 Å². The van der Waals surface area contributed by atoms with Crippen molar-refractivity contribution in [1.29, 1.82) is 0 Å². The summed E-state index contributed by atoms with van der Waals surface area (Å²) in [5.41, 5.74) is -0.490. The summed E-state index contributed by atoms with van der Waals surface area (Å²) >= 11 is 5.88. The molecule has 0 fully saturated rings. The number of nitro groups is 1. The molecule has 1 amide bonds. The summed E-state index contributed by atoms with van der Waals surface area (Å²) in [6.45, 7) is 1.71. The molecule has 128 valence electrons. The van der Waals surface area contributed by atoms with Gasteiger partial charge in [-0.3, -0.25) is 14.9 Å². The van der Waals surface area contributed by atoms with Crippen molar-refractivity contribution in [3.05, 3.63) is 74.8 Å². The zero-order valence-corrected chi connectivity index (χ0v) is 14.0. The van der Waals surface area contributed by atoms with Gasteiger partial charge in [-0.05, 0) is 31.2 Å². The van der Waals surface area contributed by atoms with Crippen molar-refractivity contribution in [3.8, 4) is 0 Å². The van der Waals surface area contributed by atoms with Crippen molar-refractivity contribution in [1.82, 2.24) is 5.01 Å². The van der Waals surface area contributed by atoms with E-state index in [0.29, 0.717) is 16.3 Å². The molecule has 8 heteroatoms. The number of nitrogens with zero attached hydrogens (tertiary/aromatic N) is 3. The zero-order valence-electron chi connectivity index (χ0n) is 13.2. The molecule has 0 aliphatic carbocycles. The molecule has 1 N–H and O–H groups in total. The molecule has 0 bridgehead atoms. The molecule has 2 aromatic rings. The van der Waals surface area contributed by atoms with Crippen LogP contribution in [0, 0.1) is 10.1 Å². The van der Waals surface area contributed by atoms with Gasteiger partial charge in [0.15, 0.2) is 5.72 Å². The SMILES string of the molecule is CC1=NN(C(=O)c2ccc([N+](=O)[O-])cc2)[C@](O)(c2ccc(Cl)cc2)C1. The van der Waals surface area contributed by atoms with Gasteiger partial charge in [0.25, 0.3) is 11.6 Å². The van der Waals surface area contributed by atoms with E-state index in [4.69, 9.17) is 11.6 Å². The van der Waals surface area contributed by atoms with Crippen molar-refractivity contribution in [2.45, 2.75) is 19.1 Å². The second-order valence-electron chi connectivity index (χ2n) is 5.76. The molecule has 1 heterocycles. The van der Waals surface area contributed by atoms with Gasteiger partial charge in [-0.25, -0.2) is 0 Å². The maximum absolute atomic E-state index is 12.8. The normalized spacial score (nSPS) is 19.6. The second kappa shape index (κ2) is 6.27. The molecule has 0 saturated carbocycles. The number of rotatable bonds is 3. The highest BCUT2D eigenvalue weighted by atomic mass is 35.5. The standard InChI is InChI=1S/C17H14ClN3O4/c1-11-10-17(23,13-4-6-14(18)7-5-13)20(19-11)16(22)12-2-8-15(9-3-12)21(24)25/h2-9,23H,10H2,1H3/t17-/m1/s1. The van der Waals surface area contributed by atoms with E-state index < -0.39 is 16.6 Å². The van der Waals surface area contributed by atoms with Crippen LogP contribution in [0.25, 0.3) is 0 Å². The van der Waals surface area contributed by atoms with Gasteiger partial charge in [0, 0.05) is 40.4 Å². The summed E-state index contributed by atoms with van der Waals surface area (Å²) in [4.78, 5) is 23.0. The van der Waals surface area contributed by atoms with Crippen LogP contribution in [-0.4, -0.2) is 26.7 Å². The number of hydrogen-bond donors (Lipinski definition) is 1. The molecule has 1 aliphatic rings. The Morgan fingerprint density at radius 2 is 1.84 bits per heavy atom. The second-order valence-corrected chi connectivity index (χ2v) is 6.19. The number of amides is 1. The summed E-state index contributed by atoms with van der Waals surface area (Å²) in [6.07, 6.45) is 0.160. The Bertz CT molecular complexity index is 864. The monoisotopic (exact) mass is 359 g/mol. The van der Waals surface area contributed by atoms with Crippen LogP contribution >= 0.6 is 11.6 Å². The van der Waals surface area contributed by atoms with E-state index in [1.165, 1.54) is 24.3 Å². The van der Waals surface area contributed by atoms with Gasteiger partial charge in [-0.1, -0.05) is 23.7 Å².